The van der Waals surface area contributed by atoms with Crippen molar-refractivity contribution in [2.75, 3.05) is 4.90 Å². The molecular formula is C57H40N2O. The van der Waals surface area contributed by atoms with Crippen molar-refractivity contribution in [3.63, 3.8) is 0 Å². The fraction of sp³-hybridized carbons (Fsp3) is 0.0351. The smallest absolute Gasteiger partial charge is 0.144 e. The Kier molecular flexibility index (Phi) is 8.78. The van der Waals surface area contributed by atoms with Gasteiger partial charge in [0.2, 0.25) is 0 Å². The molecule has 0 bridgehead atoms. The Morgan fingerprint density at radius 1 is 0.483 bits per heavy atom. The van der Waals surface area contributed by atoms with Gasteiger partial charge in [-0.3, -0.25) is 4.99 Å². The molecule has 0 fully saturated rings. The van der Waals surface area contributed by atoms with Crippen LogP contribution in [-0.2, 0) is 0 Å². The number of hydrogen-bond donors (Lipinski definition) is 0. The van der Waals surface area contributed by atoms with Crippen LogP contribution in [0.3, 0.4) is 0 Å². The van der Waals surface area contributed by atoms with Gasteiger partial charge in [-0.05, 0) is 111 Å². The van der Waals surface area contributed by atoms with Crippen molar-refractivity contribution in [3.05, 3.63) is 241 Å². The number of rotatable bonds is 7. The fourth-order valence-corrected chi connectivity index (χ4v) is 8.83. The monoisotopic (exact) mass is 768 g/mol. The van der Waals surface area contributed by atoms with Crippen LogP contribution >= 0.6 is 0 Å². The van der Waals surface area contributed by atoms with Crippen LogP contribution in [0.2, 0.25) is 0 Å². The molecule has 0 radical (unpaired) electrons. The van der Waals surface area contributed by atoms with Crippen molar-refractivity contribution in [1.29, 1.82) is 0 Å². The van der Waals surface area contributed by atoms with Gasteiger partial charge in [0.25, 0.3) is 0 Å². The molecule has 1 aliphatic heterocycles. The minimum atomic E-state index is 0.00464. The number of fused-ring (bicyclic) bond motifs is 5. The molecule has 284 valence electrons. The molecule has 0 N–H and O–H groups in total. The molecule has 60 heavy (non-hydrogen) atoms. The first-order valence-corrected chi connectivity index (χ1v) is 20.5. The zero-order valence-corrected chi connectivity index (χ0v) is 33.0. The van der Waals surface area contributed by atoms with E-state index in [1.165, 1.54) is 21.7 Å². The largest absolute Gasteiger partial charge is 0.455 e. The first-order valence-electron chi connectivity index (χ1n) is 20.5. The third-order valence-electron chi connectivity index (χ3n) is 11.9. The topological polar surface area (TPSA) is 28.7 Å². The molecule has 0 saturated heterocycles. The normalized spacial score (nSPS) is 14.3. The number of aliphatic imine (C=N–C) groups is 1. The third kappa shape index (κ3) is 6.47. The van der Waals surface area contributed by atoms with Crippen LogP contribution in [0, 0.1) is 0 Å². The molecule has 11 rings (SSSR count). The number of anilines is 3. The highest BCUT2D eigenvalue weighted by atomic mass is 16.3. The van der Waals surface area contributed by atoms with E-state index in [1.807, 2.05) is 0 Å². The van der Waals surface area contributed by atoms with Crippen molar-refractivity contribution >= 4 is 72.0 Å². The molecule has 0 amide bonds. The van der Waals surface area contributed by atoms with Crippen LogP contribution in [-0.4, -0.2) is 5.71 Å². The number of allylic oxidation sites excluding steroid dienone is 2. The van der Waals surface area contributed by atoms with Gasteiger partial charge in [-0.2, -0.15) is 0 Å². The second-order valence-corrected chi connectivity index (χ2v) is 15.6. The number of benzene rings is 9. The summed E-state index contributed by atoms with van der Waals surface area (Å²) < 4.78 is 6.91. The lowest BCUT2D eigenvalue weighted by molar-refractivity contribution is 0.668. The maximum absolute atomic E-state index is 6.91. The van der Waals surface area contributed by atoms with E-state index in [0.717, 1.165) is 83.6 Å². The van der Waals surface area contributed by atoms with Crippen molar-refractivity contribution in [2.45, 2.75) is 12.3 Å². The van der Waals surface area contributed by atoms with Crippen LogP contribution in [0.1, 0.15) is 29.0 Å². The molecule has 3 heteroatoms. The summed E-state index contributed by atoms with van der Waals surface area (Å²) >= 11 is 0. The zero-order valence-electron chi connectivity index (χ0n) is 33.0. The maximum Gasteiger partial charge on any atom is 0.144 e. The van der Waals surface area contributed by atoms with E-state index in [-0.39, 0.29) is 5.92 Å². The highest BCUT2D eigenvalue weighted by molar-refractivity contribution is 6.19. The molecule has 9 aromatic carbocycles. The van der Waals surface area contributed by atoms with Gasteiger partial charge < -0.3 is 9.32 Å². The van der Waals surface area contributed by atoms with E-state index in [0.29, 0.717) is 6.42 Å². The van der Waals surface area contributed by atoms with E-state index < -0.39 is 0 Å². The van der Waals surface area contributed by atoms with Crippen molar-refractivity contribution < 1.29 is 4.42 Å². The predicted octanol–water partition coefficient (Wildman–Crippen LogP) is 15.6. The zero-order chi connectivity index (χ0) is 40.0. The predicted molar refractivity (Wildman–Crippen MR) is 253 cm³/mol. The first kappa shape index (κ1) is 35.4. The summed E-state index contributed by atoms with van der Waals surface area (Å²) in [5, 5.41) is 6.91. The number of hydrogen-bond acceptors (Lipinski definition) is 3. The van der Waals surface area contributed by atoms with Crippen LogP contribution in [0.15, 0.2) is 234 Å². The summed E-state index contributed by atoms with van der Waals surface area (Å²) in [7, 11) is 0. The molecule has 2 heterocycles. The Bertz CT molecular complexity index is 3290. The second kappa shape index (κ2) is 14.9. The van der Waals surface area contributed by atoms with E-state index >= 15 is 0 Å². The van der Waals surface area contributed by atoms with Crippen molar-refractivity contribution in [1.82, 2.24) is 0 Å². The van der Waals surface area contributed by atoms with Gasteiger partial charge in [-0.15, -0.1) is 0 Å². The molecule has 1 unspecified atom stereocenters. The van der Waals surface area contributed by atoms with Crippen LogP contribution < -0.4 is 4.90 Å². The molecule has 0 saturated carbocycles. The second-order valence-electron chi connectivity index (χ2n) is 15.6. The van der Waals surface area contributed by atoms with E-state index in [1.54, 1.807) is 0 Å². The number of furan rings is 1. The number of nitrogens with zero attached hydrogens (tertiary/aromatic N) is 2. The maximum atomic E-state index is 6.91. The van der Waals surface area contributed by atoms with Gasteiger partial charge in [0, 0.05) is 45.7 Å². The minimum Gasteiger partial charge on any atom is -0.455 e. The molecule has 1 aliphatic rings. The van der Waals surface area contributed by atoms with Gasteiger partial charge >= 0.3 is 0 Å². The lowest BCUT2D eigenvalue weighted by atomic mass is 9.87. The van der Waals surface area contributed by atoms with Gasteiger partial charge in [0.1, 0.15) is 11.2 Å². The third-order valence-corrected chi connectivity index (χ3v) is 11.9. The highest BCUT2D eigenvalue weighted by Crippen LogP contribution is 2.42. The van der Waals surface area contributed by atoms with Gasteiger partial charge in [0.15, 0.2) is 0 Å². The van der Waals surface area contributed by atoms with Crippen LogP contribution in [0.25, 0.3) is 60.3 Å². The average molecular weight is 769 g/mol. The first-order chi connectivity index (χ1) is 29.6. The summed E-state index contributed by atoms with van der Waals surface area (Å²) in [6, 6.07) is 73.3. The van der Waals surface area contributed by atoms with E-state index in [4.69, 9.17) is 16.0 Å². The van der Waals surface area contributed by atoms with Gasteiger partial charge in [0.05, 0.1) is 11.4 Å². The summed E-state index contributed by atoms with van der Waals surface area (Å²) in [5.41, 5.74) is 13.4. The number of para-hydroxylation sites is 1. The lowest BCUT2D eigenvalue weighted by Gasteiger charge is -2.26. The van der Waals surface area contributed by atoms with Gasteiger partial charge in [-0.1, -0.05) is 158 Å². The summed E-state index contributed by atoms with van der Waals surface area (Å²) in [5.74, 6) is 0.00464. The molecule has 3 nitrogen and oxygen atoms in total. The molecule has 0 aliphatic carbocycles. The standard InChI is InChI=1S/C57H40N2O/c1-38-31-55(58-54(42-18-7-3-8-19-42)37-50(38)41-16-5-2-6-17-41)53-35-46(34-52-51-33-44-21-13-14-22-45(44)36-56(51)60-57(52)53)40-25-28-48(29-26-40)59(47-23-9-4-10-24-47)49-30-27-39-15-11-12-20-43(39)32-49/h2-30,32-37,50H,1,31H2. The molecule has 0 spiro atoms. The van der Waals surface area contributed by atoms with Gasteiger partial charge in [-0.25, -0.2) is 0 Å². The summed E-state index contributed by atoms with van der Waals surface area (Å²) in [4.78, 5) is 7.85. The lowest BCUT2D eigenvalue weighted by Crippen LogP contribution is -2.09. The summed E-state index contributed by atoms with van der Waals surface area (Å²) in [6.07, 6.45) is 2.87. The van der Waals surface area contributed by atoms with Crippen LogP contribution in [0.5, 0.6) is 0 Å². The Morgan fingerprint density at radius 3 is 1.82 bits per heavy atom. The Morgan fingerprint density at radius 2 is 1.08 bits per heavy atom. The Hall–Kier alpha value is -7.75. The van der Waals surface area contributed by atoms with E-state index in [9.17, 15) is 0 Å². The Balaban J connectivity index is 1.08. The van der Waals surface area contributed by atoms with Crippen LogP contribution in [0.4, 0.5) is 17.1 Å². The Labute approximate surface area is 349 Å². The highest BCUT2D eigenvalue weighted by Gasteiger charge is 2.25. The molecule has 10 aromatic rings. The fourth-order valence-electron chi connectivity index (χ4n) is 8.83. The molecule has 1 aromatic heterocycles. The molecular weight excluding hydrogens is 729 g/mol. The van der Waals surface area contributed by atoms with Crippen molar-refractivity contribution in [3.8, 4) is 11.1 Å². The molecule has 1 atom stereocenters. The quantitative estimate of drug-likeness (QED) is 0.151. The van der Waals surface area contributed by atoms with E-state index in [2.05, 4.69) is 217 Å². The SMILES string of the molecule is C=C1CC(c2cc(-c3ccc(N(c4ccccc4)c4ccc5ccccc5c4)cc3)cc3c2oc2cc4ccccc4cc23)=NC(c2ccccc2)=CC1c1ccccc1. The average Bonchev–Trinajstić information content (AvgIpc) is 3.57. The summed E-state index contributed by atoms with van der Waals surface area (Å²) in [6.45, 7) is 4.71. The van der Waals surface area contributed by atoms with Crippen molar-refractivity contribution in [2.24, 2.45) is 4.99 Å². The minimum absolute atomic E-state index is 0.00464.